The van der Waals surface area contributed by atoms with Crippen LogP contribution in [0.5, 0.6) is 0 Å². The Morgan fingerprint density at radius 3 is 1.29 bits per heavy atom. The van der Waals surface area contributed by atoms with Crippen molar-refractivity contribution in [1.82, 2.24) is 42.2 Å². The van der Waals surface area contributed by atoms with Crippen molar-refractivity contribution in [3.8, 4) is 22.3 Å². The molecule has 7 amide bonds. The second-order valence-electron chi connectivity index (χ2n) is 43.8. The number of H-pyrrole nitrogens is 1. The third-order valence-corrected chi connectivity index (χ3v) is 32.0. The highest BCUT2D eigenvalue weighted by atomic mass is 16.7. The fourth-order valence-electron chi connectivity index (χ4n) is 24.3. The number of rotatable bonds is 29. The largest absolute Gasteiger partial charge is 0.481 e. The van der Waals surface area contributed by atoms with Crippen molar-refractivity contribution in [3.63, 3.8) is 0 Å². The summed E-state index contributed by atoms with van der Waals surface area (Å²) in [5, 5.41) is 21.7. The molecule has 9 saturated carbocycles. The Morgan fingerprint density at radius 2 is 0.835 bits per heavy atom. The molecule has 1 aromatic heterocycles. The normalized spacial score (nSPS) is 27.1. The molecule has 6 bridgehead atoms. The van der Waals surface area contributed by atoms with E-state index in [0.29, 0.717) is 86.5 Å². The van der Waals surface area contributed by atoms with Crippen LogP contribution in [0.2, 0.25) is 0 Å². The molecule has 25 nitrogen and oxygen atoms in total. The lowest BCUT2D eigenvalue weighted by molar-refractivity contribution is -0.199. The highest BCUT2D eigenvalue weighted by molar-refractivity contribution is 6.48. The molecule has 0 radical (unpaired) electrons. The number of aromatic amines is 1. The molecule has 8 N–H and O–H groups in total. The molecule has 133 heavy (non-hydrogen) atoms. The first-order valence-electron chi connectivity index (χ1n) is 48.8. The van der Waals surface area contributed by atoms with Crippen LogP contribution in [0.1, 0.15) is 240 Å². The van der Waals surface area contributed by atoms with Crippen molar-refractivity contribution in [2.24, 2.45) is 63.6 Å². The Hall–Kier alpha value is -9.70. The number of unbranched alkanes of at least 4 members (excludes halogenated alkanes) is 1. The molecule has 18 atom stereocenters. The quantitative estimate of drug-likeness (QED) is 0.0123. The lowest BCUT2D eigenvalue weighted by Crippen LogP contribution is -2.65. The first kappa shape index (κ1) is 96.4. The minimum Gasteiger partial charge on any atom is -0.449 e. The van der Waals surface area contributed by atoms with Gasteiger partial charge in [0.05, 0.1) is 52.9 Å². The minimum atomic E-state index is -0.858. The second-order valence-corrected chi connectivity index (χ2v) is 43.8. The van der Waals surface area contributed by atoms with E-state index in [1.807, 2.05) is 158 Å². The van der Waals surface area contributed by atoms with Gasteiger partial charge < -0.3 is 89.1 Å². The van der Waals surface area contributed by atoms with Gasteiger partial charge in [-0.15, -0.1) is 0 Å². The number of hydrogen-bond donors (Lipinski definition) is 8. The predicted octanol–water partition coefficient (Wildman–Crippen LogP) is 17.9. The van der Waals surface area contributed by atoms with Crippen molar-refractivity contribution >= 4 is 74.4 Å². The Morgan fingerprint density at radius 1 is 0.436 bits per heavy atom. The average Bonchev–Trinajstić information content (AvgIpc) is 1.58. The monoisotopic (exact) mass is 1820 g/mol. The van der Waals surface area contributed by atoms with E-state index in [1.54, 1.807) is 0 Å². The van der Waals surface area contributed by atoms with E-state index in [9.17, 15) is 33.6 Å². The molecular formula is C105H139B3N8O17. The molecule has 14 aliphatic rings. The smallest absolute Gasteiger partial charge is 0.449 e. The number of carbonyl (C=O) groups is 7. The van der Waals surface area contributed by atoms with Gasteiger partial charge >= 0.3 is 45.7 Å². The van der Waals surface area contributed by atoms with Gasteiger partial charge in [-0.2, -0.15) is 0 Å². The first-order chi connectivity index (χ1) is 63.2. The van der Waals surface area contributed by atoms with Crippen LogP contribution in [0.3, 0.4) is 0 Å². The summed E-state index contributed by atoms with van der Waals surface area (Å²) in [4.78, 5) is 95.8. The predicted molar refractivity (Wildman–Crippen MR) is 514 cm³/mol. The van der Waals surface area contributed by atoms with Gasteiger partial charge in [0.25, 0.3) is 0 Å². The van der Waals surface area contributed by atoms with Crippen LogP contribution in [0.4, 0.5) is 19.2 Å². The number of carbonyl (C=O) groups excluding carboxylic acids is 7. The van der Waals surface area contributed by atoms with E-state index < -0.39 is 75.4 Å². The topological polar surface area (TPSA) is 312 Å². The van der Waals surface area contributed by atoms with Crippen LogP contribution in [-0.4, -0.2) is 165 Å². The SMILES string of the molecule is CC(C)C[C@H](NC(=O)OCC1c2ccccc2-c2ccccc21)C(=O)N[C@@H](C)B1O[C@@H]2C[C@@H]3C[C@@H](C3(C)C)[C@]2(C)O1.CC(C)C[C@H](NC(=O)[C@H](Cc1c[nH]c2ccccc12)NC(=O)OCc1ccccc1)B1O[C@@H]2C[C@@H]3C[C@@H](C3(C)C)[C@]2(C)O1.C[C@H](NC(=O)[C@H](CCCCNC(=O)OC(C)(C)C)NC(=O)OCC1c2ccccc2-c2ccccc21)B1O[C@@H]2C[C@@H]3C[C@@H](C3(C)C)[C@]2(C)O1. The number of alkyl carbamates (subject to hydrolysis) is 4. The molecule has 0 spiro atoms. The number of aromatic nitrogens is 1. The molecular weight excluding hydrogens is 1680 g/mol. The molecule has 6 aromatic carbocycles. The lowest BCUT2D eigenvalue weighted by atomic mass is 9.43. The molecule has 7 aromatic rings. The summed E-state index contributed by atoms with van der Waals surface area (Å²) >= 11 is 0. The van der Waals surface area contributed by atoms with E-state index in [2.05, 4.69) is 167 Å². The number of amides is 7. The van der Waals surface area contributed by atoms with Crippen LogP contribution in [0.15, 0.2) is 158 Å². The number of benzene rings is 6. The van der Waals surface area contributed by atoms with E-state index >= 15 is 0 Å². The number of nitrogens with one attached hydrogen (secondary N) is 8. The van der Waals surface area contributed by atoms with Crippen LogP contribution in [-0.2, 0) is 74.3 Å². The molecule has 0 unspecified atom stereocenters. The first-order valence-corrected chi connectivity index (χ1v) is 48.8. The molecule has 4 heterocycles. The fraction of sp³-hybridized carbons (Fsp3) is 0.571. The van der Waals surface area contributed by atoms with Gasteiger partial charge in [-0.1, -0.05) is 215 Å². The third kappa shape index (κ3) is 20.0. The number of fused-ring (bicyclic) bond motifs is 7. The lowest BCUT2D eigenvalue weighted by Gasteiger charge is -2.64. The molecule has 11 aliphatic carbocycles. The Labute approximate surface area is 786 Å². The zero-order valence-corrected chi connectivity index (χ0v) is 81.0. The Balaban J connectivity index is 0.000000146. The molecule has 710 valence electrons. The van der Waals surface area contributed by atoms with Crippen LogP contribution < -0.4 is 37.2 Å². The van der Waals surface area contributed by atoms with Crippen molar-refractivity contribution in [1.29, 1.82) is 0 Å². The second kappa shape index (κ2) is 38.8. The third-order valence-electron chi connectivity index (χ3n) is 32.0. The van der Waals surface area contributed by atoms with Crippen molar-refractivity contribution in [2.45, 2.75) is 297 Å². The zero-order valence-electron chi connectivity index (χ0n) is 81.0. The Kier molecular flexibility index (Phi) is 28.1. The average molecular weight is 1820 g/mol. The summed E-state index contributed by atoms with van der Waals surface area (Å²) in [6.07, 6.45) is 9.03. The van der Waals surface area contributed by atoms with E-state index in [-0.39, 0.29) is 119 Å². The maximum Gasteiger partial charge on any atom is 0.481 e. The summed E-state index contributed by atoms with van der Waals surface area (Å²) in [5.41, 5.74) is 11.0. The van der Waals surface area contributed by atoms with Crippen LogP contribution in [0.25, 0.3) is 33.2 Å². The van der Waals surface area contributed by atoms with Crippen LogP contribution >= 0.6 is 0 Å². The van der Waals surface area contributed by atoms with Crippen LogP contribution in [0, 0.1) is 63.6 Å². The van der Waals surface area contributed by atoms with Crippen molar-refractivity contribution < 1.29 is 80.4 Å². The Bertz CT molecular complexity index is 5290. The van der Waals surface area contributed by atoms with E-state index in [0.717, 1.165) is 81.1 Å². The van der Waals surface area contributed by atoms with Gasteiger partial charge in [0.1, 0.15) is 43.5 Å². The zero-order chi connectivity index (χ0) is 94.6. The van der Waals surface area contributed by atoms with Gasteiger partial charge in [0.15, 0.2) is 0 Å². The highest BCUT2D eigenvalue weighted by Crippen LogP contribution is 2.69. The van der Waals surface area contributed by atoms with Gasteiger partial charge in [-0.05, 0) is 251 Å². The summed E-state index contributed by atoms with van der Waals surface area (Å²) in [6, 6.07) is 47.8. The number of hydrogen-bond acceptors (Lipinski definition) is 17. The van der Waals surface area contributed by atoms with Crippen molar-refractivity contribution in [3.05, 3.63) is 191 Å². The summed E-state index contributed by atoms with van der Waals surface area (Å²) in [5.74, 6) is 1.56. The maximum atomic E-state index is 14.0. The summed E-state index contributed by atoms with van der Waals surface area (Å²) in [6.45, 7) is 38.9. The van der Waals surface area contributed by atoms with E-state index in [1.165, 1.54) is 24.0 Å². The molecule has 21 rings (SSSR count). The maximum absolute atomic E-state index is 14.0. The number of ether oxygens (including phenoxy) is 4. The highest BCUT2D eigenvalue weighted by Gasteiger charge is 2.71. The molecule has 3 saturated heterocycles. The van der Waals surface area contributed by atoms with Gasteiger partial charge in [-0.25, -0.2) is 19.2 Å². The van der Waals surface area contributed by atoms with Crippen molar-refractivity contribution in [2.75, 3.05) is 19.8 Å². The minimum absolute atomic E-state index is 0.000786. The molecule has 12 fully saturated rings. The van der Waals surface area contributed by atoms with Gasteiger partial charge in [0.2, 0.25) is 17.7 Å². The summed E-state index contributed by atoms with van der Waals surface area (Å²) in [7, 11) is -1.64. The summed E-state index contributed by atoms with van der Waals surface area (Å²) < 4.78 is 61.6. The molecule has 3 aliphatic heterocycles. The van der Waals surface area contributed by atoms with Gasteiger partial charge in [-0.3, -0.25) is 14.4 Å². The standard InChI is InChI=1S/C38H52BN3O7.C34H44BN3O5.C33H43BN2O5/c1-23(39-48-32-21-24-20-31(37(24,5)6)38(32,7)49-39)41-33(43)30(18-12-13-19-40-34(44)47-36(2,3)4)42-35(45)46-22-29-27-16-10-8-14-25(27)26-15-9-11-17-28(26)29;1-21(2)15-30(35-42-29-18-24-17-28(33(24,3)4)34(29,5)43-35)38-31(39)27(16-23-19-36-26-14-10-9-13-25(23)26)37-32(40)41-20-22-11-7-6-8-12-22;1-19(2)15-27(30(37)35-20(3)34-40-29-17-21-16-28(32(21,4)5)33(29,6)41-34)36-31(38)39-18-26-24-13-9-7-11-22(24)23-12-8-10-14-25(23)26/h8-11,14-17,23-24,29-32H,12-13,18-22H2,1-7H3,(H,40,44)(H,41,43)(H,42,45);6-14,19,21,24,27-30,36H,15-18,20H2,1-5H3,(H,37,40)(H,38,39);7-14,19-21,26-29H,15-18H2,1-6H3,(H,35,37)(H,36,38)/t23-,24-,30-,31-,32+,38-;24-,27-,28-,29+,30-,34-;20-,21-,27-,28-,29+,33-/m000/s1. The van der Waals surface area contributed by atoms with E-state index in [4.69, 9.17) is 46.9 Å². The molecule has 28 heteroatoms. The fourth-order valence-corrected chi connectivity index (χ4v) is 24.3. The van der Waals surface area contributed by atoms with Gasteiger partial charge in [0, 0.05) is 41.9 Å². The number of para-hydroxylation sites is 1.